The van der Waals surface area contributed by atoms with Gasteiger partial charge >= 0.3 is 0 Å². The van der Waals surface area contributed by atoms with E-state index in [1.54, 1.807) is 13.2 Å². The molecule has 0 fully saturated rings. The minimum atomic E-state index is 0.164. The third-order valence-corrected chi connectivity index (χ3v) is 4.21. The Morgan fingerprint density at radius 1 is 1.21 bits per heavy atom. The van der Waals surface area contributed by atoms with Crippen molar-refractivity contribution < 1.29 is 9.84 Å². The van der Waals surface area contributed by atoms with Crippen molar-refractivity contribution in [2.24, 2.45) is 0 Å². The van der Waals surface area contributed by atoms with E-state index in [1.165, 1.54) is 11.1 Å². The van der Waals surface area contributed by atoms with E-state index in [0.29, 0.717) is 12.4 Å². The number of pyridine rings is 1. The summed E-state index contributed by atoms with van der Waals surface area (Å²) in [4.78, 5) is 6.63. The van der Waals surface area contributed by atoms with Crippen LogP contribution in [0.5, 0.6) is 5.75 Å². The predicted octanol–water partition coefficient (Wildman–Crippen LogP) is 2.72. The molecule has 2 aromatic rings. The number of nitrogens with zero attached hydrogens (tertiary/aromatic N) is 2. The van der Waals surface area contributed by atoms with Gasteiger partial charge in [0.25, 0.3) is 0 Å². The monoisotopic (exact) mass is 329 g/mol. The number of aryl methyl sites for hydroxylation is 1. The first-order valence-electron chi connectivity index (χ1n) is 8.38. The maximum absolute atomic E-state index is 9.21. The molecule has 0 bridgehead atoms. The molecule has 3 N–H and O–H groups in total. The summed E-state index contributed by atoms with van der Waals surface area (Å²) < 4.78 is 5.61. The second kappa shape index (κ2) is 8.66. The van der Waals surface area contributed by atoms with Gasteiger partial charge in [-0.25, -0.2) is 4.98 Å². The number of methoxy groups -OCH3 is 1. The summed E-state index contributed by atoms with van der Waals surface area (Å²) >= 11 is 0. The smallest absolute Gasteiger partial charge is 0.128 e. The Hall–Kier alpha value is -2.11. The molecule has 1 heterocycles. The van der Waals surface area contributed by atoms with Crippen molar-refractivity contribution in [1.29, 1.82) is 0 Å². The maximum atomic E-state index is 9.21. The Morgan fingerprint density at radius 3 is 2.58 bits per heavy atom. The molecule has 0 radical (unpaired) electrons. The number of nitrogen functional groups attached to an aromatic ring is 1. The molecular weight excluding hydrogens is 302 g/mol. The van der Waals surface area contributed by atoms with Gasteiger partial charge in [0.05, 0.1) is 19.4 Å². The van der Waals surface area contributed by atoms with Crippen LogP contribution < -0.4 is 10.5 Å². The molecule has 5 heteroatoms. The molecule has 130 valence electrons. The van der Waals surface area contributed by atoms with Crippen LogP contribution in [0.3, 0.4) is 0 Å². The molecule has 0 atom stereocenters. The van der Waals surface area contributed by atoms with Crippen LogP contribution in [0, 0.1) is 0 Å². The molecule has 1 aromatic carbocycles. The number of rotatable bonds is 8. The molecular formula is C19H27N3O2. The average Bonchev–Trinajstić information content (AvgIpc) is 2.60. The molecule has 0 spiro atoms. The average molecular weight is 329 g/mol. The van der Waals surface area contributed by atoms with E-state index in [9.17, 15) is 5.11 Å². The molecule has 2 rings (SSSR count). The third kappa shape index (κ3) is 4.24. The largest absolute Gasteiger partial charge is 0.496 e. The molecule has 0 aliphatic carbocycles. The zero-order chi connectivity index (χ0) is 17.5. The van der Waals surface area contributed by atoms with Gasteiger partial charge in [-0.15, -0.1) is 0 Å². The van der Waals surface area contributed by atoms with E-state index in [1.807, 2.05) is 12.1 Å². The Kier molecular flexibility index (Phi) is 6.58. The standard InChI is InChI=1S/C19H27N3O2/c1-4-14-11-16(17-7-6-8-19(20)21-17)18(24-3)12-15(14)13-22(5-2)9-10-23/h6-8,11-12,23H,4-5,9-10,13H2,1-3H3,(H2,20,21). The van der Waals surface area contributed by atoms with Gasteiger partial charge in [0.15, 0.2) is 0 Å². The Morgan fingerprint density at radius 2 is 2.00 bits per heavy atom. The maximum Gasteiger partial charge on any atom is 0.128 e. The summed E-state index contributed by atoms with van der Waals surface area (Å²) in [6.45, 7) is 6.76. The van der Waals surface area contributed by atoms with Crippen LogP contribution in [0.15, 0.2) is 30.3 Å². The summed E-state index contributed by atoms with van der Waals surface area (Å²) in [5.74, 6) is 1.29. The number of anilines is 1. The summed E-state index contributed by atoms with van der Waals surface area (Å²) in [5.41, 5.74) is 10.1. The van der Waals surface area contributed by atoms with Crippen molar-refractivity contribution in [3.05, 3.63) is 41.5 Å². The van der Waals surface area contributed by atoms with Crippen LogP contribution >= 0.6 is 0 Å². The van der Waals surface area contributed by atoms with E-state index < -0.39 is 0 Å². The molecule has 0 saturated carbocycles. The molecule has 0 unspecified atom stereocenters. The highest BCUT2D eigenvalue weighted by Gasteiger charge is 2.14. The van der Waals surface area contributed by atoms with Gasteiger partial charge < -0.3 is 15.6 Å². The lowest BCUT2D eigenvalue weighted by Gasteiger charge is -2.22. The van der Waals surface area contributed by atoms with Crippen molar-refractivity contribution in [2.45, 2.75) is 26.8 Å². The third-order valence-electron chi connectivity index (χ3n) is 4.21. The molecule has 0 aliphatic rings. The van der Waals surface area contributed by atoms with Crippen molar-refractivity contribution in [2.75, 3.05) is 32.5 Å². The minimum Gasteiger partial charge on any atom is -0.496 e. The molecule has 5 nitrogen and oxygen atoms in total. The van der Waals surface area contributed by atoms with Crippen LogP contribution in [0.2, 0.25) is 0 Å². The summed E-state index contributed by atoms with van der Waals surface area (Å²) in [6.07, 6.45) is 0.922. The van der Waals surface area contributed by atoms with Crippen LogP contribution in [0.25, 0.3) is 11.3 Å². The zero-order valence-electron chi connectivity index (χ0n) is 14.7. The van der Waals surface area contributed by atoms with Gasteiger partial charge in [-0.2, -0.15) is 0 Å². The first-order valence-corrected chi connectivity index (χ1v) is 8.38. The second-order valence-electron chi connectivity index (χ2n) is 5.71. The fraction of sp³-hybridized carbons (Fsp3) is 0.421. The normalized spacial score (nSPS) is 11.0. The highest BCUT2D eigenvalue weighted by atomic mass is 16.5. The minimum absolute atomic E-state index is 0.164. The Balaban J connectivity index is 2.45. The van der Waals surface area contributed by atoms with Crippen LogP contribution in [0.4, 0.5) is 5.82 Å². The summed E-state index contributed by atoms with van der Waals surface area (Å²) in [7, 11) is 1.67. The van der Waals surface area contributed by atoms with Crippen molar-refractivity contribution in [1.82, 2.24) is 9.88 Å². The number of benzene rings is 1. The number of nitrogens with two attached hydrogens (primary N) is 1. The number of hydrogen-bond acceptors (Lipinski definition) is 5. The summed E-state index contributed by atoms with van der Waals surface area (Å²) in [6, 6.07) is 9.84. The van der Waals surface area contributed by atoms with Gasteiger partial charge in [0.2, 0.25) is 0 Å². The molecule has 0 amide bonds. The van der Waals surface area contributed by atoms with Gasteiger partial charge in [-0.05, 0) is 48.4 Å². The van der Waals surface area contributed by atoms with E-state index in [2.05, 4.69) is 35.9 Å². The van der Waals surface area contributed by atoms with E-state index in [-0.39, 0.29) is 6.61 Å². The van der Waals surface area contributed by atoms with Crippen LogP contribution in [-0.4, -0.2) is 41.8 Å². The number of hydrogen-bond donors (Lipinski definition) is 2. The molecule has 0 saturated heterocycles. The lowest BCUT2D eigenvalue weighted by molar-refractivity contribution is 0.196. The van der Waals surface area contributed by atoms with Crippen molar-refractivity contribution >= 4 is 5.82 Å². The van der Waals surface area contributed by atoms with Gasteiger partial charge in [-0.3, -0.25) is 4.90 Å². The summed E-state index contributed by atoms with van der Waals surface area (Å²) in [5, 5.41) is 9.21. The number of aliphatic hydroxyl groups excluding tert-OH is 1. The number of aromatic nitrogens is 1. The topological polar surface area (TPSA) is 71.6 Å². The molecule has 24 heavy (non-hydrogen) atoms. The van der Waals surface area contributed by atoms with E-state index in [4.69, 9.17) is 10.5 Å². The van der Waals surface area contributed by atoms with Crippen molar-refractivity contribution in [3.63, 3.8) is 0 Å². The van der Waals surface area contributed by atoms with Gasteiger partial charge in [0.1, 0.15) is 11.6 Å². The Labute approximate surface area is 144 Å². The van der Waals surface area contributed by atoms with E-state index >= 15 is 0 Å². The highest BCUT2D eigenvalue weighted by Crippen LogP contribution is 2.33. The molecule has 0 aliphatic heterocycles. The first kappa shape index (κ1) is 18.2. The number of likely N-dealkylation sites (N-methyl/N-ethyl adjacent to an activating group) is 1. The van der Waals surface area contributed by atoms with Crippen molar-refractivity contribution in [3.8, 4) is 17.0 Å². The first-order chi connectivity index (χ1) is 11.6. The predicted molar refractivity (Wildman–Crippen MR) is 98.1 cm³/mol. The Bertz CT molecular complexity index is 674. The second-order valence-corrected chi connectivity index (χ2v) is 5.71. The van der Waals surface area contributed by atoms with Crippen LogP contribution in [-0.2, 0) is 13.0 Å². The van der Waals surface area contributed by atoms with Gasteiger partial charge in [0, 0.05) is 18.7 Å². The zero-order valence-corrected chi connectivity index (χ0v) is 14.7. The number of aliphatic hydroxyl groups is 1. The lowest BCUT2D eigenvalue weighted by atomic mass is 9.98. The van der Waals surface area contributed by atoms with Crippen LogP contribution in [0.1, 0.15) is 25.0 Å². The molecule has 1 aromatic heterocycles. The lowest BCUT2D eigenvalue weighted by Crippen LogP contribution is -2.26. The van der Waals surface area contributed by atoms with Gasteiger partial charge in [-0.1, -0.05) is 19.9 Å². The number of ether oxygens (including phenoxy) is 1. The highest BCUT2D eigenvalue weighted by molar-refractivity contribution is 5.70. The quantitative estimate of drug-likeness (QED) is 0.779. The fourth-order valence-corrected chi connectivity index (χ4v) is 2.84. The van der Waals surface area contributed by atoms with E-state index in [0.717, 1.165) is 36.5 Å². The SMILES string of the molecule is CCc1cc(-c2cccc(N)n2)c(OC)cc1CN(CC)CCO. The fourth-order valence-electron chi connectivity index (χ4n) is 2.84.